The van der Waals surface area contributed by atoms with Crippen molar-refractivity contribution in [1.29, 1.82) is 0 Å². The number of anilines is 1. The third kappa shape index (κ3) is 3.20. The van der Waals surface area contributed by atoms with Crippen molar-refractivity contribution in [3.8, 4) is 0 Å². The van der Waals surface area contributed by atoms with Crippen LogP contribution >= 0.6 is 0 Å². The highest BCUT2D eigenvalue weighted by Crippen LogP contribution is 2.17. The molecule has 0 aliphatic carbocycles. The number of hydrogen-bond acceptors (Lipinski definition) is 5. The zero-order chi connectivity index (χ0) is 13.7. The van der Waals surface area contributed by atoms with E-state index < -0.39 is 0 Å². The lowest BCUT2D eigenvalue weighted by atomic mass is 10.3. The average molecular weight is 262 g/mol. The second-order valence-corrected chi connectivity index (χ2v) is 4.59. The molecule has 0 radical (unpaired) electrons. The minimum atomic E-state index is 0.860. The predicted molar refractivity (Wildman–Crippen MR) is 77.2 cm³/mol. The van der Waals surface area contributed by atoms with E-state index in [9.17, 15) is 0 Å². The maximum absolute atomic E-state index is 4.29. The van der Waals surface area contributed by atoms with Crippen molar-refractivity contribution in [3.05, 3.63) is 12.5 Å². The molecule has 0 fully saturated rings. The summed E-state index contributed by atoms with van der Waals surface area (Å²) >= 11 is 0. The summed E-state index contributed by atoms with van der Waals surface area (Å²) in [7, 11) is 1.89. The molecule has 0 saturated heterocycles. The van der Waals surface area contributed by atoms with Crippen LogP contribution in [0.2, 0.25) is 0 Å². The Bertz CT molecular complexity index is 521. The summed E-state index contributed by atoms with van der Waals surface area (Å²) in [6.45, 7) is 8.54. The Morgan fingerprint density at radius 3 is 2.84 bits per heavy atom. The summed E-state index contributed by atoms with van der Waals surface area (Å²) < 4.78 is 1.76. The van der Waals surface area contributed by atoms with Gasteiger partial charge >= 0.3 is 0 Å². The number of rotatable bonds is 7. The second kappa shape index (κ2) is 6.47. The van der Waals surface area contributed by atoms with Crippen LogP contribution < -0.4 is 5.32 Å². The molecule has 1 N–H and O–H groups in total. The van der Waals surface area contributed by atoms with Gasteiger partial charge in [0.05, 0.1) is 11.6 Å². The van der Waals surface area contributed by atoms with Crippen LogP contribution in [0.1, 0.15) is 20.3 Å². The Morgan fingerprint density at radius 1 is 1.26 bits per heavy atom. The molecular formula is C13H22N6. The van der Waals surface area contributed by atoms with Gasteiger partial charge in [0.15, 0.2) is 5.65 Å². The van der Waals surface area contributed by atoms with E-state index in [-0.39, 0.29) is 0 Å². The fourth-order valence-electron chi connectivity index (χ4n) is 2.18. The van der Waals surface area contributed by atoms with Gasteiger partial charge in [0.2, 0.25) is 0 Å². The Morgan fingerprint density at radius 2 is 2.11 bits per heavy atom. The third-order valence-corrected chi connectivity index (χ3v) is 3.24. The second-order valence-electron chi connectivity index (χ2n) is 4.59. The highest BCUT2D eigenvalue weighted by atomic mass is 15.3. The molecule has 0 amide bonds. The maximum atomic E-state index is 4.29. The van der Waals surface area contributed by atoms with Crippen molar-refractivity contribution in [2.45, 2.75) is 20.3 Å². The van der Waals surface area contributed by atoms with Crippen LogP contribution in [0.15, 0.2) is 12.5 Å². The van der Waals surface area contributed by atoms with Crippen LogP contribution in [0.4, 0.5) is 5.82 Å². The molecule has 2 rings (SSSR count). The quantitative estimate of drug-likeness (QED) is 0.819. The first-order valence-electron chi connectivity index (χ1n) is 6.85. The van der Waals surface area contributed by atoms with Gasteiger partial charge in [0, 0.05) is 20.1 Å². The van der Waals surface area contributed by atoms with Crippen molar-refractivity contribution in [2.75, 3.05) is 31.5 Å². The molecule has 0 aliphatic rings. The van der Waals surface area contributed by atoms with Crippen molar-refractivity contribution < 1.29 is 0 Å². The lowest BCUT2D eigenvalue weighted by molar-refractivity contribution is 0.300. The van der Waals surface area contributed by atoms with Gasteiger partial charge in [-0.25, -0.2) is 9.97 Å². The minimum absolute atomic E-state index is 0.860. The van der Waals surface area contributed by atoms with Gasteiger partial charge in [0.1, 0.15) is 12.1 Å². The molecule has 6 nitrogen and oxygen atoms in total. The topological polar surface area (TPSA) is 58.9 Å². The molecule has 0 aliphatic heterocycles. The van der Waals surface area contributed by atoms with E-state index in [0.29, 0.717) is 0 Å². The van der Waals surface area contributed by atoms with Crippen LogP contribution in [0.3, 0.4) is 0 Å². The first kappa shape index (κ1) is 13.7. The molecule has 104 valence electrons. The molecule has 0 aromatic carbocycles. The number of nitrogens with one attached hydrogen (secondary N) is 1. The molecule has 6 heteroatoms. The molecule has 0 spiro atoms. The molecule has 0 saturated carbocycles. The average Bonchev–Trinajstić information content (AvgIpc) is 2.80. The van der Waals surface area contributed by atoms with Gasteiger partial charge in [-0.05, 0) is 19.5 Å². The van der Waals surface area contributed by atoms with E-state index in [0.717, 1.165) is 43.0 Å². The smallest absolute Gasteiger partial charge is 0.163 e. The van der Waals surface area contributed by atoms with Crippen molar-refractivity contribution >= 4 is 16.9 Å². The maximum Gasteiger partial charge on any atom is 0.163 e. The van der Waals surface area contributed by atoms with Crippen molar-refractivity contribution in [2.24, 2.45) is 7.05 Å². The van der Waals surface area contributed by atoms with Crippen molar-refractivity contribution in [1.82, 2.24) is 24.6 Å². The number of aryl methyl sites for hydroxylation is 1. The van der Waals surface area contributed by atoms with E-state index in [1.165, 1.54) is 6.42 Å². The predicted octanol–water partition coefficient (Wildman–Crippen LogP) is 1.51. The highest BCUT2D eigenvalue weighted by Gasteiger charge is 2.07. The number of hydrogen-bond donors (Lipinski definition) is 1. The summed E-state index contributed by atoms with van der Waals surface area (Å²) in [5.41, 5.74) is 0.860. The third-order valence-electron chi connectivity index (χ3n) is 3.24. The van der Waals surface area contributed by atoms with E-state index in [2.05, 4.69) is 39.1 Å². The molecule has 2 heterocycles. The van der Waals surface area contributed by atoms with Gasteiger partial charge in [-0.3, -0.25) is 4.68 Å². The first-order valence-corrected chi connectivity index (χ1v) is 6.85. The highest BCUT2D eigenvalue weighted by molar-refractivity contribution is 5.85. The minimum Gasteiger partial charge on any atom is -0.368 e. The summed E-state index contributed by atoms with van der Waals surface area (Å²) in [6, 6.07) is 0. The Kier molecular flexibility index (Phi) is 4.68. The SMILES string of the molecule is CCCN(CC)CCNc1ncnc2c1cnn2C. The van der Waals surface area contributed by atoms with E-state index >= 15 is 0 Å². The summed E-state index contributed by atoms with van der Waals surface area (Å²) in [5, 5.41) is 8.56. The summed E-state index contributed by atoms with van der Waals surface area (Å²) in [6.07, 6.45) is 4.57. The normalized spacial score (nSPS) is 11.4. The van der Waals surface area contributed by atoms with Gasteiger partial charge in [-0.15, -0.1) is 0 Å². The number of nitrogens with zero attached hydrogens (tertiary/aromatic N) is 5. The van der Waals surface area contributed by atoms with E-state index in [1.807, 2.05) is 7.05 Å². The largest absolute Gasteiger partial charge is 0.368 e. The van der Waals surface area contributed by atoms with Crippen LogP contribution in [0, 0.1) is 0 Å². The van der Waals surface area contributed by atoms with Crippen LogP contribution in [0.25, 0.3) is 11.0 Å². The van der Waals surface area contributed by atoms with Crippen LogP contribution in [0.5, 0.6) is 0 Å². The lowest BCUT2D eigenvalue weighted by Gasteiger charge is -2.19. The van der Waals surface area contributed by atoms with Crippen LogP contribution in [-0.4, -0.2) is 50.8 Å². The van der Waals surface area contributed by atoms with Gasteiger partial charge in [0.25, 0.3) is 0 Å². The molecule has 19 heavy (non-hydrogen) atoms. The number of likely N-dealkylation sites (N-methyl/N-ethyl adjacent to an activating group) is 1. The van der Waals surface area contributed by atoms with Gasteiger partial charge in [-0.2, -0.15) is 5.10 Å². The standard InChI is InChI=1S/C13H22N6/c1-4-7-19(5-2)8-6-14-12-11-9-17-18(3)13(11)16-10-15-12/h9-10H,4-8H2,1-3H3,(H,14,15,16). The Labute approximate surface area is 113 Å². The Hall–Kier alpha value is -1.69. The molecule has 2 aromatic heterocycles. The molecule has 0 unspecified atom stereocenters. The molecule has 0 bridgehead atoms. The first-order chi connectivity index (χ1) is 9.26. The molecule has 2 aromatic rings. The Balaban J connectivity index is 1.98. The number of fused-ring (bicyclic) bond motifs is 1. The summed E-state index contributed by atoms with van der Waals surface area (Å²) in [4.78, 5) is 10.9. The lowest BCUT2D eigenvalue weighted by Crippen LogP contribution is -2.29. The van der Waals surface area contributed by atoms with Gasteiger partial charge < -0.3 is 10.2 Å². The van der Waals surface area contributed by atoms with E-state index in [1.54, 1.807) is 17.2 Å². The molecule has 0 atom stereocenters. The fourth-order valence-corrected chi connectivity index (χ4v) is 2.18. The number of aromatic nitrogens is 4. The van der Waals surface area contributed by atoms with E-state index in [4.69, 9.17) is 0 Å². The van der Waals surface area contributed by atoms with Crippen molar-refractivity contribution in [3.63, 3.8) is 0 Å². The fraction of sp³-hybridized carbons (Fsp3) is 0.615. The summed E-state index contributed by atoms with van der Waals surface area (Å²) in [5.74, 6) is 0.866. The zero-order valence-electron chi connectivity index (χ0n) is 11.9. The molecular weight excluding hydrogens is 240 g/mol. The van der Waals surface area contributed by atoms with Crippen LogP contribution in [-0.2, 0) is 7.05 Å². The van der Waals surface area contributed by atoms with Gasteiger partial charge in [-0.1, -0.05) is 13.8 Å². The zero-order valence-corrected chi connectivity index (χ0v) is 11.9. The monoisotopic (exact) mass is 262 g/mol.